The van der Waals surface area contributed by atoms with E-state index in [1.54, 1.807) is 0 Å². The number of anilines is 1. The quantitative estimate of drug-likeness (QED) is 0.702. The van der Waals surface area contributed by atoms with Gasteiger partial charge in [-0.25, -0.2) is 8.42 Å². The van der Waals surface area contributed by atoms with E-state index in [2.05, 4.69) is 14.9 Å². The lowest BCUT2D eigenvalue weighted by Gasteiger charge is -2.16. The first-order valence-corrected chi connectivity index (χ1v) is 11.5. The van der Waals surface area contributed by atoms with Crippen LogP contribution >= 0.6 is 0 Å². The Morgan fingerprint density at radius 2 is 1.74 bits per heavy atom. The molecule has 2 N–H and O–H groups in total. The van der Waals surface area contributed by atoms with E-state index in [0.29, 0.717) is 11.6 Å². The molecular formula is C21H22F3N3O3S. The summed E-state index contributed by atoms with van der Waals surface area (Å²) in [6.45, 7) is 1.79. The highest BCUT2D eigenvalue weighted by Crippen LogP contribution is 2.31. The van der Waals surface area contributed by atoms with Crippen LogP contribution in [0.25, 0.3) is 0 Å². The van der Waals surface area contributed by atoms with Crippen molar-refractivity contribution in [2.45, 2.75) is 42.4 Å². The van der Waals surface area contributed by atoms with Gasteiger partial charge in [0, 0.05) is 36.4 Å². The third-order valence-corrected chi connectivity index (χ3v) is 6.88. The SMILES string of the molecule is O=C(NC1CCN(C2CC2)C1)c1ccc(S(=O)(=O)Nc2cccc(C(F)(F)F)c2)cc1. The van der Waals surface area contributed by atoms with E-state index < -0.39 is 21.8 Å². The summed E-state index contributed by atoms with van der Waals surface area (Å²) in [6, 6.07) is 9.97. The Bertz CT molecular complexity index is 1070. The average Bonchev–Trinajstić information content (AvgIpc) is 3.46. The minimum absolute atomic E-state index is 0.0686. The molecule has 1 amide bonds. The van der Waals surface area contributed by atoms with Gasteiger partial charge in [-0.15, -0.1) is 0 Å². The maximum Gasteiger partial charge on any atom is 0.416 e. The lowest BCUT2D eigenvalue weighted by molar-refractivity contribution is -0.137. The molecule has 31 heavy (non-hydrogen) atoms. The number of amides is 1. The summed E-state index contributed by atoms with van der Waals surface area (Å²) in [5.41, 5.74) is -0.826. The van der Waals surface area contributed by atoms with E-state index in [-0.39, 0.29) is 22.5 Å². The fourth-order valence-corrected chi connectivity index (χ4v) is 4.75. The van der Waals surface area contributed by atoms with Crippen LogP contribution in [0.1, 0.15) is 35.2 Å². The molecule has 4 rings (SSSR count). The second kappa shape index (κ2) is 8.16. The number of likely N-dealkylation sites (tertiary alicyclic amines) is 1. The Kier molecular flexibility index (Phi) is 5.69. The van der Waals surface area contributed by atoms with Crippen molar-refractivity contribution in [1.82, 2.24) is 10.2 Å². The van der Waals surface area contributed by atoms with Crippen LogP contribution in [0.15, 0.2) is 53.4 Å². The Morgan fingerprint density at radius 3 is 2.39 bits per heavy atom. The minimum Gasteiger partial charge on any atom is -0.348 e. The number of hydrogen-bond acceptors (Lipinski definition) is 4. The molecule has 1 saturated carbocycles. The third-order valence-electron chi connectivity index (χ3n) is 5.49. The fraction of sp³-hybridized carbons (Fsp3) is 0.381. The number of alkyl halides is 3. The predicted molar refractivity (Wildman–Crippen MR) is 109 cm³/mol. The summed E-state index contributed by atoms with van der Waals surface area (Å²) < 4.78 is 65.7. The zero-order valence-corrected chi connectivity index (χ0v) is 17.3. The number of halogens is 3. The van der Waals surface area contributed by atoms with Gasteiger partial charge in [-0.05, 0) is 61.7 Å². The maximum absolute atomic E-state index is 12.8. The second-order valence-electron chi connectivity index (χ2n) is 7.89. The van der Waals surface area contributed by atoms with Gasteiger partial charge in [0.25, 0.3) is 15.9 Å². The van der Waals surface area contributed by atoms with Crippen LogP contribution in [0.5, 0.6) is 0 Å². The number of rotatable bonds is 6. The lowest BCUT2D eigenvalue weighted by atomic mass is 10.2. The highest BCUT2D eigenvalue weighted by Gasteiger charge is 2.35. The molecule has 1 saturated heterocycles. The number of hydrogen-bond donors (Lipinski definition) is 2. The summed E-state index contributed by atoms with van der Waals surface area (Å²) in [6.07, 6.45) is -1.27. The number of nitrogens with one attached hydrogen (secondary N) is 2. The average molecular weight is 453 g/mol. The topological polar surface area (TPSA) is 78.5 Å². The maximum atomic E-state index is 12.8. The van der Waals surface area contributed by atoms with Gasteiger partial charge >= 0.3 is 6.18 Å². The van der Waals surface area contributed by atoms with Gasteiger partial charge in [-0.3, -0.25) is 14.4 Å². The van der Waals surface area contributed by atoms with Crippen LogP contribution in [-0.2, 0) is 16.2 Å². The molecule has 0 aromatic heterocycles. The van der Waals surface area contributed by atoms with E-state index in [1.807, 2.05) is 0 Å². The highest BCUT2D eigenvalue weighted by atomic mass is 32.2. The van der Waals surface area contributed by atoms with E-state index in [1.165, 1.54) is 43.2 Å². The van der Waals surface area contributed by atoms with Gasteiger partial charge in [0.1, 0.15) is 0 Å². The molecule has 1 unspecified atom stereocenters. The predicted octanol–water partition coefficient (Wildman–Crippen LogP) is 3.47. The Morgan fingerprint density at radius 1 is 1.03 bits per heavy atom. The van der Waals surface area contributed by atoms with Crippen molar-refractivity contribution >= 4 is 21.6 Å². The Balaban J connectivity index is 1.40. The Hall–Kier alpha value is -2.59. The summed E-state index contributed by atoms with van der Waals surface area (Å²) in [5, 5.41) is 2.97. The van der Waals surface area contributed by atoms with Gasteiger partial charge < -0.3 is 5.32 Å². The van der Waals surface area contributed by atoms with Crippen molar-refractivity contribution in [3.63, 3.8) is 0 Å². The molecule has 0 spiro atoms. The van der Waals surface area contributed by atoms with Crippen LogP contribution < -0.4 is 10.0 Å². The molecule has 1 aliphatic carbocycles. The van der Waals surface area contributed by atoms with Crippen LogP contribution in [0, 0.1) is 0 Å². The number of carbonyl (C=O) groups is 1. The van der Waals surface area contributed by atoms with E-state index in [0.717, 1.165) is 37.7 Å². The number of carbonyl (C=O) groups excluding carboxylic acids is 1. The number of sulfonamides is 1. The van der Waals surface area contributed by atoms with Gasteiger partial charge in [-0.1, -0.05) is 6.07 Å². The minimum atomic E-state index is -4.58. The van der Waals surface area contributed by atoms with E-state index in [4.69, 9.17) is 0 Å². The normalized spacial score (nSPS) is 19.9. The number of benzene rings is 2. The van der Waals surface area contributed by atoms with Crippen LogP contribution in [0.3, 0.4) is 0 Å². The molecule has 2 aliphatic rings. The summed E-state index contributed by atoms with van der Waals surface area (Å²) in [4.78, 5) is 14.7. The smallest absolute Gasteiger partial charge is 0.348 e. The Labute approximate surface area is 178 Å². The molecule has 1 atom stereocenters. The molecule has 166 valence electrons. The molecule has 2 fully saturated rings. The zero-order valence-electron chi connectivity index (χ0n) is 16.5. The molecule has 6 nitrogen and oxygen atoms in total. The van der Waals surface area contributed by atoms with Gasteiger partial charge in [0.05, 0.1) is 10.5 Å². The van der Waals surface area contributed by atoms with Crippen molar-refractivity contribution in [1.29, 1.82) is 0 Å². The van der Waals surface area contributed by atoms with Crippen molar-refractivity contribution < 1.29 is 26.4 Å². The standard InChI is InChI=1S/C21H22F3N3O3S/c22-21(23,24)15-2-1-3-16(12-15)26-31(29,30)19-8-4-14(5-9-19)20(28)25-17-10-11-27(13-17)18-6-7-18/h1-5,8-9,12,17-18,26H,6-7,10-11,13H2,(H,25,28). The highest BCUT2D eigenvalue weighted by molar-refractivity contribution is 7.92. The first-order chi connectivity index (χ1) is 14.6. The molecule has 0 radical (unpaired) electrons. The van der Waals surface area contributed by atoms with Crippen LogP contribution in [0.2, 0.25) is 0 Å². The van der Waals surface area contributed by atoms with Crippen molar-refractivity contribution in [3.05, 3.63) is 59.7 Å². The summed E-state index contributed by atoms with van der Waals surface area (Å²) in [5.74, 6) is -0.280. The summed E-state index contributed by atoms with van der Waals surface area (Å²) in [7, 11) is -4.11. The molecule has 0 bridgehead atoms. The number of nitrogens with zero attached hydrogens (tertiary/aromatic N) is 1. The van der Waals surface area contributed by atoms with Crippen LogP contribution in [0.4, 0.5) is 18.9 Å². The molecular weight excluding hydrogens is 431 g/mol. The van der Waals surface area contributed by atoms with Gasteiger partial charge in [0.2, 0.25) is 0 Å². The second-order valence-corrected chi connectivity index (χ2v) is 9.58. The van der Waals surface area contributed by atoms with Crippen LogP contribution in [-0.4, -0.2) is 44.4 Å². The fourth-order valence-electron chi connectivity index (χ4n) is 3.70. The molecule has 1 aliphatic heterocycles. The van der Waals surface area contributed by atoms with Crippen molar-refractivity contribution in [3.8, 4) is 0 Å². The molecule has 10 heteroatoms. The van der Waals surface area contributed by atoms with Crippen molar-refractivity contribution in [2.75, 3.05) is 17.8 Å². The monoisotopic (exact) mass is 453 g/mol. The lowest BCUT2D eigenvalue weighted by Crippen LogP contribution is -2.37. The molecule has 1 heterocycles. The molecule has 2 aromatic carbocycles. The largest absolute Gasteiger partial charge is 0.416 e. The van der Waals surface area contributed by atoms with Gasteiger partial charge in [-0.2, -0.15) is 13.2 Å². The first kappa shape index (κ1) is 21.6. The zero-order chi connectivity index (χ0) is 22.2. The van der Waals surface area contributed by atoms with E-state index >= 15 is 0 Å². The van der Waals surface area contributed by atoms with E-state index in [9.17, 15) is 26.4 Å². The van der Waals surface area contributed by atoms with Gasteiger partial charge in [0.15, 0.2) is 0 Å². The first-order valence-electron chi connectivity index (χ1n) is 9.97. The van der Waals surface area contributed by atoms with Crippen molar-refractivity contribution in [2.24, 2.45) is 0 Å². The molecule has 2 aromatic rings. The third kappa shape index (κ3) is 5.19. The summed E-state index contributed by atoms with van der Waals surface area (Å²) >= 11 is 0.